The largest absolute Gasteiger partial charge is 0.478 e. The third-order valence-corrected chi connectivity index (χ3v) is 3.79. The van der Waals surface area contributed by atoms with Gasteiger partial charge in [0.1, 0.15) is 0 Å². The van der Waals surface area contributed by atoms with E-state index >= 15 is 0 Å². The molecule has 1 aromatic carbocycles. The van der Waals surface area contributed by atoms with E-state index in [2.05, 4.69) is 5.32 Å². The highest BCUT2D eigenvalue weighted by molar-refractivity contribution is 5.92. The molecule has 1 rings (SSSR count). The Hall–Kier alpha value is -2.04. The number of hydrogen-bond acceptors (Lipinski definition) is 2. The standard InChI is InChI=1S/C15H22N2O3/c1-6-15(3,4)17(5)14(20)16-12-8-7-11(13(18)19)9-10(12)2/h7-9H,6H2,1-5H3,(H,16,20)(H,18,19). The van der Waals surface area contributed by atoms with Crippen molar-refractivity contribution in [3.05, 3.63) is 29.3 Å². The maximum absolute atomic E-state index is 12.2. The lowest BCUT2D eigenvalue weighted by Gasteiger charge is -2.34. The van der Waals surface area contributed by atoms with E-state index in [1.807, 2.05) is 20.8 Å². The van der Waals surface area contributed by atoms with Gasteiger partial charge in [-0.05, 0) is 51.0 Å². The minimum absolute atomic E-state index is 0.206. The maximum atomic E-state index is 12.2. The molecular formula is C15H22N2O3. The lowest BCUT2D eigenvalue weighted by molar-refractivity contribution is 0.0697. The first-order chi connectivity index (χ1) is 9.19. The maximum Gasteiger partial charge on any atom is 0.335 e. The summed E-state index contributed by atoms with van der Waals surface area (Å²) in [4.78, 5) is 24.7. The van der Waals surface area contributed by atoms with Gasteiger partial charge in [0.15, 0.2) is 0 Å². The molecule has 2 N–H and O–H groups in total. The molecule has 110 valence electrons. The molecule has 5 heteroatoms. The molecule has 1 aromatic rings. The summed E-state index contributed by atoms with van der Waals surface area (Å²) in [7, 11) is 1.75. The van der Waals surface area contributed by atoms with E-state index in [-0.39, 0.29) is 17.1 Å². The Bertz CT molecular complexity index is 524. The molecule has 20 heavy (non-hydrogen) atoms. The van der Waals surface area contributed by atoms with Crippen LogP contribution in [0.4, 0.5) is 10.5 Å². The smallest absolute Gasteiger partial charge is 0.335 e. The van der Waals surface area contributed by atoms with Gasteiger partial charge >= 0.3 is 12.0 Å². The van der Waals surface area contributed by atoms with Crippen molar-refractivity contribution in [2.75, 3.05) is 12.4 Å². The van der Waals surface area contributed by atoms with Gasteiger partial charge in [-0.2, -0.15) is 0 Å². The number of nitrogens with one attached hydrogen (secondary N) is 1. The highest BCUT2D eigenvalue weighted by atomic mass is 16.4. The first-order valence-corrected chi connectivity index (χ1v) is 6.57. The normalized spacial score (nSPS) is 11.1. The van der Waals surface area contributed by atoms with Crippen LogP contribution in [0.2, 0.25) is 0 Å². The highest BCUT2D eigenvalue weighted by Gasteiger charge is 2.25. The SMILES string of the molecule is CCC(C)(C)N(C)C(=O)Nc1ccc(C(=O)O)cc1C. The van der Waals surface area contributed by atoms with Gasteiger partial charge in [0.25, 0.3) is 0 Å². The molecule has 0 atom stereocenters. The monoisotopic (exact) mass is 278 g/mol. The van der Waals surface area contributed by atoms with Gasteiger partial charge in [-0.1, -0.05) is 6.92 Å². The number of carbonyl (C=O) groups is 2. The van der Waals surface area contributed by atoms with Crippen molar-refractivity contribution in [2.45, 2.75) is 39.7 Å². The van der Waals surface area contributed by atoms with Crippen LogP contribution in [-0.4, -0.2) is 34.6 Å². The number of aromatic carboxylic acids is 1. The zero-order valence-electron chi connectivity index (χ0n) is 12.7. The predicted molar refractivity (Wildman–Crippen MR) is 79.3 cm³/mol. The van der Waals surface area contributed by atoms with Crippen LogP contribution in [-0.2, 0) is 0 Å². The number of amides is 2. The molecule has 5 nitrogen and oxygen atoms in total. The third-order valence-electron chi connectivity index (χ3n) is 3.79. The number of carboxylic acids is 1. The van der Waals surface area contributed by atoms with Crippen molar-refractivity contribution in [2.24, 2.45) is 0 Å². The molecular weight excluding hydrogens is 256 g/mol. The molecule has 0 aliphatic carbocycles. The molecule has 0 aliphatic heterocycles. The predicted octanol–water partition coefficient (Wildman–Crippen LogP) is 3.35. The summed E-state index contributed by atoms with van der Waals surface area (Å²) in [6.07, 6.45) is 0.841. The number of nitrogens with zero attached hydrogens (tertiary/aromatic N) is 1. The number of rotatable bonds is 4. The Balaban J connectivity index is 2.89. The van der Waals surface area contributed by atoms with E-state index in [0.29, 0.717) is 5.69 Å². The van der Waals surface area contributed by atoms with Crippen molar-refractivity contribution in [3.63, 3.8) is 0 Å². The second-order valence-corrected chi connectivity index (χ2v) is 5.49. The minimum atomic E-state index is -0.977. The molecule has 2 amide bonds. The zero-order valence-corrected chi connectivity index (χ0v) is 12.7. The van der Waals surface area contributed by atoms with Crippen LogP contribution < -0.4 is 5.32 Å². The highest BCUT2D eigenvalue weighted by Crippen LogP contribution is 2.20. The van der Waals surface area contributed by atoms with Gasteiger partial charge in [-0.3, -0.25) is 0 Å². The zero-order chi connectivity index (χ0) is 15.5. The molecule has 0 saturated carbocycles. The molecule has 0 aliphatic rings. The summed E-state index contributed by atoms with van der Waals surface area (Å²) in [6, 6.07) is 4.44. The topological polar surface area (TPSA) is 69.6 Å². The Morgan fingerprint density at radius 2 is 1.95 bits per heavy atom. The van der Waals surface area contributed by atoms with Crippen molar-refractivity contribution in [3.8, 4) is 0 Å². The van der Waals surface area contributed by atoms with Gasteiger partial charge in [0, 0.05) is 18.3 Å². The van der Waals surface area contributed by atoms with Gasteiger partial charge in [-0.25, -0.2) is 9.59 Å². The van der Waals surface area contributed by atoms with Crippen molar-refractivity contribution >= 4 is 17.7 Å². The van der Waals surface area contributed by atoms with E-state index in [1.165, 1.54) is 6.07 Å². The van der Waals surface area contributed by atoms with E-state index in [0.717, 1.165) is 12.0 Å². The van der Waals surface area contributed by atoms with Crippen molar-refractivity contribution in [1.29, 1.82) is 0 Å². The Morgan fingerprint density at radius 1 is 1.35 bits per heavy atom. The lowest BCUT2D eigenvalue weighted by atomic mass is 10.0. The van der Waals surface area contributed by atoms with Crippen LogP contribution in [0.15, 0.2) is 18.2 Å². The van der Waals surface area contributed by atoms with E-state index < -0.39 is 5.97 Å². The van der Waals surface area contributed by atoms with Crippen LogP contribution in [0.25, 0.3) is 0 Å². The van der Waals surface area contributed by atoms with Crippen molar-refractivity contribution < 1.29 is 14.7 Å². The first kappa shape index (κ1) is 16.0. The number of aryl methyl sites for hydroxylation is 1. The Kier molecular flexibility index (Phi) is 4.76. The van der Waals surface area contributed by atoms with Gasteiger partial charge in [0.05, 0.1) is 5.56 Å². The summed E-state index contributed by atoms with van der Waals surface area (Å²) >= 11 is 0. The number of carbonyl (C=O) groups excluding carboxylic acids is 1. The molecule has 0 unspecified atom stereocenters. The molecule has 0 heterocycles. The number of carboxylic acid groups (broad SMARTS) is 1. The summed E-state index contributed by atoms with van der Waals surface area (Å²) in [6.45, 7) is 7.78. The summed E-state index contributed by atoms with van der Waals surface area (Å²) in [5.74, 6) is -0.977. The third kappa shape index (κ3) is 3.50. The summed E-state index contributed by atoms with van der Waals surface area (Å²) in [5.41, 5.74) is 1.32. The fourth-order valence-electron chi connectivity index (χ4n) is 1.65. The molecule has 0 fully saturated rings. The second kappa shape index (κ2) is 5.94. The van der Waals surface area contributed by atoms with Crippen LogP contribution in [0.5, 0.6) is 0 Å². The average Bonchev–Trinajstić information content (AvgIpc) is 2.39. The minimum Gasteiger partial charge on any atom is -0.478 e. The van der Waals surface area contributed by atoms with Gasteiger partial charge in [0.2, 0.25) is 0 Å². The van der Waals surface area contributed by atoms with Crippen LogP contribution in [0.3, 0.4) is 0 Å². The van der Waals surface area contributed by atoms with Gasteiger partial charge in [-0.15, -0.1) is 0 Å². The number of anilines is 1. The second-order valence-electron chi connectivity index (χ2n) is 5.49. The number of urea groups is 1. The lowest BCUT2D eigenvalue weighted by Crippen LogP contribution is -2.46. The van der Waals surface area contributed by atoms with Crippen LogP contribution in [0.1, 0.15) is 43.1 Å². The molecule has 0 radical (unpaired) electrons. The van der Waals surface area contributed by atoms with Crippen LogP contribution >= 0.6 is 0 Å². The van der Waals surface area contributed by atoms with E-state index in [4.69, 9.17) is 5.11 Å². The molecule has 0 aromatic heterocycles. The fourth-order valence-corrected chi connectivity index (χ4v) is 1.65. The number of benzene rings is 1. The van der Waals surface area contributed by atoms with Gasteiger partial charge < -0.3 is 15.3 Å². The summed E-state index contributed by atoms with van der Waals surface area (Å²) in [5, 5.41) is 11.7. The van der Waals surface area contributed by atoms with E-state index in [9.17, 15) is 9.59 Å². The molecule has 0 saturated heterocycles. The molecule has 0 spiro atoms. The first-order valence-electron chi connectivity index (χ1n) is 6.57. The van der Waals surface area contributed by atoms with Crippen molar-refractivity contribution in [1.82, 2.24) is 4.90 Å². The Morgan fingerprint density at radius 3 is 2.40 bits per heavy atom. The average molecular weight is 278 g/mol. The fraction of sp³-hybridized carbons (Fsp3) is 0.467. The molecule has 0 bridgehead atoms. The van der Waals surface area contributed by atoms with E-state index in [1.54, 1.807) is 31.0 Å². The Labute approximate surface area is 119 Å². The summed E-state index contributed by atoms with van der Waals surface area (Å²) < 4.78 is 0. The number of hydrogen-bond donors (Lipinski definition) is 2. The van der Waals surface area contributed by atoms with Crippen LogP contribution in [0, 0.1) is 6.92 Å². The quantitative estimate of drug-likeness (QED) is 0.887.